The Labute approximate surface area is 747 Å². The largest absolute Gasteiger partial charge is 0.342 e. The van der Waals surface area contributed by atoms with Crippen LogP contribution in [0.5, 0.6) is 0 Å². The second-order valence-electron chi connectivity index (χ2n) is 42.6. The first-order valence-corrected chi connectivity index (χ1v) is 47.4. The van der Waals surface area contributed by atoms with Crippen LogP contribution < -0.4 is 26.2 Å². The van der Waals surface area contributed by atoms with Gasteiger partial charge in [-0.2, -0.15) is 0 Å². The first kappa shape index (κ1) is 82.1. The molecule has 6 aliphatic rings. The number of unbranched alkanes of at least 4 members (excludes halogenated alkanes) is 6. The Morgan fingerprint density at radius 2 is 0.584 bits per heavy atom. The third kappa shape index (κ3) is 14.0. The molecule has 0 N–H and O–H groups in total. The molecule has 0 atom stereocenters. The minimum absolute atomic E-state index is 0.0118. The maximum Gasteiger partial charge on any atom is 0.252 e. The molecule has 0 unspecified atom stereocenters. The highest BCUT2D eigenvalue weighted by atomic mass is 15.2. The molecule has 0 saturated heterocycles. The Balaban J connectivity index is 0.634. The Morgan fingerprint density at radius 1 is 0.256 bits per heavy atom. The van der Waals surface area contributed by atoms with Gasteiger partial charge in [0.05, 0.1) is 10.8 Å². The fourth-order valence-electron chi connectivity index (χ4n) is 23.7. The molecule has 14 aromatic rings. The first-order chi connectivity index (χ1) is 60.2. The van der Waals surface area contributed by atoms with Crippen LogP contribution >= 0.6 is 0 Å². The average molecular weight is 1630 g/mol. The van der Waals surface area contributed by atoms with E-state index < -0.39 is 10.8 Å². The number of anilines is 4. The lowest BCUT2D eigenvalue weighted by atomic mass is 9.32. The van der Waals surface area contributed by atoms with Gasteiger partial charge in [-0.3, -0.25) is 0 Å². The highest BCUT2D eigenvalue weighted by Crippen LogP contribution is 2.60. The quantitative estimate of drug-likeness (QED) is 0.0523. The van der Waals surface area contributed by atoms with Gasteiger partial charge in [0.2, 0.25) is 0 Å². The molecule has 0 spiro atoms. The van der Waals surface area contributed by atoms with Crippen LogP contribution in [0.25, 0.3) is 55.6 Å². The van der Waals surface area contributed by atoms with Crippen LogP contribution in [0.2, 0.25) is 0 Å². The lowest BCUT2D eigenvalue weighted by Gasteiger charge is -2.49. The summed E-state index contributed by atoms with van der Waals surface area (Å²) in [5, 5.41) is 0. The molecule has 125 heavy (non-hydrogen) atoms. The molecule has 14 aromatic carbocycles. The van der Waals surface area contributed by atoms with E-state index in [4.69, 9.17) is 0 Å². The van der Waals surface area contributed by atoms with Gasteiger partial charge in [-0.15, -0.1) is 0 Å². The van der Waals surface area contributed by atoms with Crippen molar-refractivity contribution in [2.45, 2.75) is 230 Å². The second-order valence-corrected chi connectivity index (χ2v) is 42.6. The molecular weight excluding hydrogens is 1500 g/mol. The summed E-state index contributed by atoms with van der Waals surface area (Å²) >= 11 is 0. The third-order valence-electron chi connectivity index (χ3n) is 31.0. The van der Waals surface area contributed by atoms with Crippen LogP contribution in [-0.2, 0) is 56.2 Å². The molecule has 3 heteroatoms. The molecule has 0 saturated carbocycles. The highest BCUT2D eigenvalue weighted by molar-refractivity contribution is 7.00. The molecule has 4 aliphatic carbocycles. The Hall–Kier alpha value is -11.3. The van der Waals surface area contributed by atoms with Crippen LogP contribution in [-0.4, -0.2) is 19.8 Å². The van der Waals surface area contributed by atoms with Crippen molar-refractivity contribution in [2.75, 3.05) is 22.9 Å². The monoisotopic (exact) mass is 1630 g/mol. The minimum atomic E-state index is -0.466. The van der Waals surface area contributed by atoms with Crippen molar-refractivity contribution in [1.29, 1.82) is 0 Å². The molecule has 0 bridgehead atoms. The standard InChI is InChI=1S/C122H125BN2/c1-115(2,3)92-62-58-83(98(76-92)85-60-64-96-94-54-36-38-56-100(94)121(102(96)72-85,88-46-28-20-29-47-88)89-48-30-21-31-49-89)44-24-15-17-40-70-124-110-80-106-104(117(7,8)66-68-119(106,11)12)78-108(110)123-109-79-105-107(120(13,14)69-67-118(105,9)10)81-111(109)125(113-75-87(74-112(124)114(113)123)82-42-26-19-27-43-82)71-41-18-16-25-45-84-59-63-93(116(4,5)6)77-99(84)86-61-65-97-95-55-37-39-57-101(95)122(103(97)73-86,90-50-32-22-33-51-90)91-52-34-23-35-53-91/h19-23,26-39,42-43,46-65,72-81H,15-18,24-25,40-41,44-45,66-71H2,1-14H3. The molecule has 2 heterocycles. The summed E-state index contributed by atoms with van der Waals surface area (Å²) in [6, 6.07) is 121. The van der Waals surface area contributed by atoms with Gasteiger partial charge in [0, 0.05) is 35.8 Å². The van der Waals surface area contributed by atoms with Gasteiger partial charge >= 0.3 is 0 Å². The van der Waals surface area contributed by atoms with Gasteiger partial charge in [-0.25, -0.2) is 0 Å². The van der Waals surface area contributed by atoms with Gasteiger partial charge < -0.3 is 9.80 Å². The van der Waals surface area contributed by atoms with Crippen molar-refractivity contribution >= 4 is 45.9 Å². The van der Waals surface area contributed by atoms with Crippen LogP contribution in [0.15, 0.2) is 309 Å². The number of rotatable bonds is 21. The van der Waals surface area contributed by atoms with Gasteiger partial charge in [0.1, 0.15) is 0 Å². The third-order valence-corrected chi connectivity index (χ3v) is 31.0. The van der Waals surface area contributed by atoms with Crippen molar-refractivity contribution in [3.05, 3.63) is 398 Å². The molecule has 0 aromatic heterocycles. The van der Waals surface area contributed by atoms with Crippen LogP contribution in [0.1, 0.15) is 263 Å². The smallest absolute Gasteiger partial charge is 0.252 e. The van der Waals surface area contributed by atoms with Gasteiger partial charge in [-0.05, 0) is 294 Å². The van der Waals surface area contributed by atoms with Gasteiger partial charge in [0.25, 0.3) is 6.71 Å². The Kier molecular flexibility index (Phi) is 20.6. The van der Waals surface area contributed by atoms with E-state index >= 15 is 0 Å². The van der Waals surface area contributed by atoms with Gasteiger partial charge in [0.15, 0.2) is 0 Å². The predicted molar refractivity (Wildman–Crippen MR) is 534 cm³/mol. The van der Waals surface area contributed by atoms with Crippen LogP contribution in [0.3, 0.4) is 0 Å². The zero-order chi connectivity index (χ0) is 86.2. The zero-order valence-corrected chi connectivity index (χ0v) is 76.7. The summed E-state index contributed by atoms with van der Waals surface area (Å²) in [4.78, 5) is 5.74. The van der Waals surface area contributed by atoms with Crippen molar-refractivity contribution in [3.63, 3.8) is 0 Å². The average Bonchev–Trinajstić information content (AvgIpc) is 1.39. The zero-order valence-electron chi connectivity index (χ0n) is 76.7. The Bertz CT molecular complexity index is 6000. The lowest BCUT2D eigenvalue weighted by molar-refractivity contribution is 0.332. The minimum Gasteiger partial charge on any atom is -0.342 e. The topological polar surface area (TPSA) is 6.48 Å². The van der Waals surface area contributed by atoms with Crippen molar-refractivity contribution in [3.8, 4) is 55.6 Å². The summed E-state index contributed by atoms with van der Waals surface area (Å²) in [6.07, 6.45) is 15.8. The number of hydrogen-bond donors (Lipinski definition) is 0. The van der Waals surface area contributed by atoms with Crippen LogP contribution in [0, 0.1) is 0 Å². The van der Waals surface area contributed by atoms with Gasteiger partial charge in [-0.1, -0.05) is 396 Å². The number of hydrogen-bond acceptors (Lipinski definition) is 2. The summed E-state index contributed by atoms with van der Waals surface area (Å²) in [7, 11) is 0. The van der Waals surface area contributed by atoms with E-state index in [0.717, 1.165) is 77.3 Å². The molecule has 2 nitrogen and oxygen atoms in total. The van der Waals surface area contributed by atoms with E-state index in [-0.39, 0.29) is 39.2 Å². The fraction of sp³-hybridized carbons (Fsp3) is 0.311. The summed E-state index contributed by atoms with van der Waals surface area (Å²) in [6.45, 7) is 36.5. The SMILES string of the molecule is CC(C)(C)c1ccc(CCCCCCN2c3cc4c(cc3B3c5cc6c(cc5N(CCCCCCc5ccc(C(C)(C)C)cc5-c5ccc7c(c5)C(c5ccccc5)(c5ccccc5)c5ccccc5-7)c5cc(-c7ccccc7)cc2c53)C(C)(C)CCC6(C)C)C(C)(C)CCC4(C)C)c(-c2ccc3c(c2)C(c2ccccc2)(c2ccccc2)c2ccccc2-3)c1. The van der Waals surface area contributed by atoms with Crippen molar-refractivity contribution < 1.29 is 0 Å². The van der Waals surface area contributed by atoms with E-state index in [2.05, 4.69) is 416 Å². The molecule has 0 fully saturated rings. The molecule has 626 valence electrons. The Morgan fingerprint density at radius 3 is 0.952 bits per heavy atom. The lowest BCUT2D eigenvalue weighted by Crippen LogP contribution is -2.63. The van der Waals surface area contributed by atoms with Crippen LogP contribution in [0.4, 0.5) is 22.7 Å². The number of benzene rings is 14. The number of aryl methyl sites for hydroxylation is 2. The molecule has 20 rings (SSSR count). The normalized spacial score (nSPS) is 16.5. The molecule has 2 aliphatic heterocycles. The predicted octanol–water partition coefficient (Wildman–Crippen LogP) is 29.7. The maximum absolute atomic E-state index is 2.87. The van der Waals surface area contributed by atoms with E-state index in [1.807, 2.05) is 0 Å². The first-order valence-electron chi connectivity index (χ1n) is 47.4. The second kappa shape index (κ2) is 31.4. The molecular formula is C122H125BN2. The van der Waals surface area contributed by atoms with Crippen molar-refractivity contribution in [2.24, 2.45) is 0 Å². The maximum atomic E-state index is 2.87. The molecule has 0 amide bonds. The van der Waals surface area contributed by atoms with E-state index in [0.29, 0.717) is 0 Å². The molecule has 0 radical (unpaired) electrons. The fourth-order valence-corrected chi connectivity index (χ4v) is 23.7. The number of fused-ring (bicyclic) bond motifs is 12. The van der Waals surface area contributed by atoms with E-state index in [9.17, 15) is 0 Å². The van der Waals surface area contributed by atoms with Crippen molar-refractivity contribution in [1.82, 2.24) is 0 Å². The summed E-state index contributed by atoms with van der Waals surface area (Å²) in [5.74, 6) is 0. The van der Waals surface area contributed by atoms with E-state index in [1.54, 1.807) is 22.3 Å². The van der Waals surface area contributed by atoms with E-state index in [1.165, 1.54) is 187 Å². The highest BCUT2D eigenvalue weighted by Gasteiger charge is 2.51. The number of nitrogens with zero attached hydrogens (tertiary/aromatic N) is 2. The summed E-state index contributed by atoms with van der Waals surface area (Å²) < 4.78 is 0. The summed E-state index contributed by atoms with van der Waals surface area (Å²) in [5.41, 5.74) is 45.0.